The minimum Gasteiger partial charge on any atom is -0.390 e. The summed E-state index contributed by atoms with van der Waals surface area (Å²) in [5.41, 5.74) is 0.514. The molecule has 1 aromatic heterocycles. The van der Waals surface area contributed by atoms with Crippen LogP contribution in [0.2, 0.25) is 0 Å². The van der Waals surface area contributed by atoms with E-state index < -0.39 is 10.0 Å². The van der Waals surface area contributed by atoms with Crippen LogP contribution in [0.5, 0.6) is 0 Å². The highest BCUT2D eigenvalue weighted by Crippen LogP contribution is 2.18. The normalized spacial score (nSPS) is 19.9. The summed E-state index contributed by atoms with van der Waals surface area (Å²) in [6, 6.07) is 1.49. The van der Waals surface area contributed by atoms with Gasteiger partial charge in [-0.15, -0.1) is 0 Å². The highest BCUT2D eigenvalue weighted by Gasteiger charge is 2.26. The van der Waals surface area contributed by atoms with Crippen molar-refractivity contribution in [1.82, 2.24) is 14.2 Å². The molecule has 1 aliphatic rings. The van der Waals surface area contributed by atoms with E-state index in [2.05, 4.69) is 9.88 Å². The van der Waals surface area contributed by atoms with Crippen LogP contribution in [0.25, 0.3) is 0 Å². The van der Waals surface area contributed by atoms with Crippen LogP contribution in [0.3, 0.4) is 0 Å². The first kappa shape index (κ1) is 13.5. The molecule has 6 nitrogen and oxygen atoms in total. The number of sulfonamides is 1. The van der Waals surface area contributed by atoms with E-state index in [1.54, 1.807) is 0 Å². The predicted molar refractivity (Wildman–Crippen MR) is 67.6 cm³/mol. The van der Waals surface area contributed by atoms with Gasteiger partial charge < -0.3 is 15.0 Å². The van der Waals surface area contributed by atoms with Crippen molar-refractivity contribution in [3.8, 4) is 0 Å². The van der Waals surface area contributed by atoms with E-state index in [9.17, 15) is 8.42 Å². The maximum absolute atomic E-state index is 12.4. The molecule has 0 bridgehead atoms. The van der Waals surface area contributed by atoms with Crippen molar-refractivity contribution in [2.24, 2.45) is 0 Å². The number of hydrogen-bond acceptors (Lipinski definition) is 4. The summed E-state index contributed by atoms with van der Waals surface area (Å²) in [5, 5.41) is 8.96. The molecule has 0 spiro atoms. The molecule has 0 aromatic carbocycles. The zero-order valence-corrected chi connectivity index (χ0v) is 11.3. The van der Waals surface area contributed by atoms with Crippen molar-refractivity contribution in [3.05, 3.63) is 18.0 Å². The lowest BCUT2D eigenvalue weighted by molar-refractivity contribution is 0.277. The molecule has 1 aliphatic heterocycles. The number of nitrogens with zero attached hydrogens (tertiary/aromatic N) is 2. The number of aliphatic hydroxyl groups is 1. The number of H-pyrrole nitrogens is 1. The molecule has 0 saturated carbocycles. The summed E-state index contributed by atoms with van der Waals surface area (Å²) in [5.74, 6) is 0. The lowest BCUT2D eigenvalue weighted by Gasteiger charge is -2.19. The van der Waals surface area contributed by atoms with Gasteiger partial charge >= 0.3 is 0 Å². The molecule has 1 aromatic rings. The van der Waals surface area contributed by atoms with E-state index in [0.29, 0.717) is 18.8 Å². The van der Waals surface area contributed by atoms with Crippen molar-refractivity contribution < 1.29 is 13.5 Å². The number of nitrogens with one attached hydrogen (secondary N) is 1. The number of hydrogen-bond donors (Lipinski definition) is 2. The lowest BCUT2D eigenvalue weighted by Crippen LogP contribution is -2.34. The van der Waals surface area contributed by atoms with Gasteiger partial charge in [0, 0.05) is 31.5 Å². The van der Waals surface area contributed by atoms with Crippen LogP contribution in [0, 0.1) is 0 Å². The van der Waals surface area contributed by atoms with Gasteiger partial charge in [-0.3, -0.25) is 0 Å². The number of aromatic nitrogens is 1. The Morgan fingerprint density at radius 2 is 2.11 bits per heavy atom. The molecule has 0 radical (unpaired) electrons. The minimum absolute atomic E-state index is 0.182. The average Bonchev–Trinajstić information content (AvgIpc) is 2.72. The summed E-state index contributed by atoms with van der Waals surface area (Å²) in [7, 11) is -1.44. The van der Waals surface area contributed by atoms with Gasteiger partial charge in [-0.05, 0) is 26.1 Å². The largest absolute Gasteiger partial charge is 0.390 e. The van der Waals surface area contributed by atoms with Gasteiger partial charge in [-0.25, -0.2) is 8.42 Å². The summed E-state index contributed by atoms with van der Waals surface area (Å²) in [6.45, 7) is 2.54. The molecule has 1 saturated heterocycles. The Hall–Kier alpha value is -0.890. The van der Waals surface area contributed by atoms with Gasteiger partial charge in [-0.2, -0.15) is 4.31 Å². The molecular formula is C11H19N3O3S. The van der Waals surface area contributed by atoms with Gasteiger partial charge in [0.2, 0.25) is 10.0 Å². The predicted octanol–water partition coefficient (Wildman–Crippen LogP) is -0.167. The minimum atomic E-state index is -3.43. The summed E-state index contributed by atoms with van der Waals surface area (Å²) >= 11 is 0. The Labute approximate surface area is 107 Å². The first-order valence-corrected chi connectivity index (χ1v) is 7.45. The standard InChI is InChI=1S/C11H19N3O3S/c1-13-3-2-4-14(6-5-13)18(16,17)11-7-10(9-15)12-8-11/h7-8,12,15H,2-6,9H2,1H3. The molecule has 0 amide bonds. The van der Waals surface area contributed by atoms with E-state index in [1.807, 2.05) is 7.05 Å². The topological polar surface area (TPSA) is 76.6 Å². The molecule has 2 N–H and O–H groups in total. The Morgan fingerprint density at radius 1 is 1.33 bits per heavy atom. The van der Waals surface area contributed by atoms with Gasteiger partial charge in [-0.1, -0.05) is 0 Å². The first-order chi connectivity index (χ1) is 8.54. The van der Waals surface area contributed by atoms with Crippen LogP contribution in [-0.2, 0) is 16.6 Å². The third-order valence-electron chi connectivity index (χ3n) is 3.20. The van der Waals surface area contributed by atoms with E-state index in [1.165, 1.54) is 16.6 Å². The third-order valence-corrected chi connectivity index (χ3v) is 5.08. The van der Waals surface area contributed by atoms with E-state index in [4.69, 9.17) is 5.11 Å². The number of aliphatic hydroxyl groups excluding tert-OH is 1. The Balaban J connectivity index is 2.19. The monoisotopic (exact) mass is 273 g/mol. The van der Waals surface area contributed by atoms with Crippen LogP contribution in [0.4, 0.5) is 0 Å². The van der Waals surface area contributed by atoms with Crippen LogP contribution in [0.15, 0.2) is 17.2 Å². The molecular weight excluding hydrogens is 254 g/mol. The Morgan fingerprint density at radius 3 is 2.78 bits per heavy atom. The van der Waals surface area contributed by atoms with Crippen molar-refractivity contribution in [3.63, 3.8) is 0 Å². The molecule has 1 fully saturated rings. The third kappa shape index (κ3) is 2.74. The Bertz CT molecular complexity index is 497. The second-order valence-corrected chi connectivity index (χ2v) is 6.52. The second-order valence-electron chi connectivity index (χ2n) is 4.58. The SMILES string of the molecule is CN1CCCN(S(=O)(=O)c2c[nH]c(CO)c2)CC1. The molecule has 2 heterocycles. The maximum Gasteiger partial charge on any atom is 0.244 e. The number of rotatable bonds is 3. The molecule has 18 heavy (non-hydrogen) atoms. The fraction of sp³-hybridized carbons (Fsp3) is 0.636. The summed E-state index contributed by atoms with van der Waals surface area (Å²) < 4.78 is 26.3. The molecule has 102 valence electrons. The fourth-order valence-electron chi connectivity index (χ4n) is 2.07. The van der Waals surface area contributed by atoms with Gasteiger partial charge in [0.25, 0.3) is 0 Å². The molecule has 0 aliphatic carbocycles. The quantitative estimate of drug-likeness (QED) is 0.802. The van der Waals surface area contributed by atoms with Gasteiger partial charge in [0.15, 0.2) is 0 Å². The van der Waals surface area contributed by atoms with Crippen molar-refractivity contribution >= 4 is 10.0 Å². The van der Waals surface area contributed by atoms with Gasteiger partial charge in [0.1, 0.15) is 0 Å². The summed E-state index contributed by atoms with van der Waals surface area (Å²) in [4.78, 5) is 5.12. The van der Waals surface area contributed by atoms with E-state index >= 15 is 0 Å². The van der Waals surface area contributed by atoms with Crippen LogP contribution in [-0.4, -0.2) is 60.9 Å². The highest BCUT2D eigenvalue weighted by atomic mass is 32.2. The molecule has 0 unspecified atom stereocenters. The molecule has 0 atom stereocenters. The first-order valence-electron chi connectivity index (χ1n) is 6.01. The smallest absolute Gasteiger partial charge is 0.244 e. The summed E-state index contributed by atoms with van der Waals surface area (Å²) in [6.07, 6.45) is 2.28. The molecule has 7 heteroatoms. The van der Waals surface area contributed by atoms with Crippen LogP contribution < -0.4 is 0 Å². The second kappa shape index (κ2) is 5.40. The number of aromatic amines is 1. The lowest BCUT2D eigenvalue weighted by atomic mass is 10.4. The zero-order chi connectivity index (χ0) is 13.2. The van der Waals surface area contributed by atoms with Crippen molar-refractivity contribution in [1.29, 1.82) is 0 Å². The van der Waals surface area contributed by atoms with Gasteiger partial charge in [0.05, 0.1) is 11.5 Å². The van der Waals surface area contributed by atoms with Crippen LogP contribution in [0.1, 0.15) is 12.1 Å². The fourth-order valence-corrected chi connectivity index (χ4v) is 3.56. The maximum atomic E-state index is 12.4. The highest BCUT2D eigenvalue weighted by molar-refractivity contribution is 7.89. The zero-order valence-electron chi connectivity index (χ0n) is 10.5. The van der Waals surface area contributed by atoms with E-state index in [0.717, 1.165) is 19.5 Å². The van der Waals surface area contributed by atoms with Crippen molar-refractivity contribution in [2.45, 2.75) is 17.9 Å². The van der Waals surface area contributed by atoms with Crippen molar-refractivity contribution in [2.75, 3.05) is 33.2 Å². The number of likely N-dealkylation sites (N-methyl/N-ethyl adjacent to an activating group) is 1. The van der Waals surface area contributed by atoms with E-state index in [-0.39, 0.29) is 11.5 Å². The average molecular weight is 273 g/mol. The van der Waals surface area contributed by atoms with Crippen LogP contribution >= 0.6 is 0 Å². The Kier molecular flexibility index (Phi) is 4.06. The molecule has 2 rings (SSSR count).